The van der Waals surface area contributed by atoms with Gasteiger partial charge in [0.25, 0.3) is 0 Å². The smallest absolute Gasteiger partial charge is 0.0231 e. The molecule has 2 rings (SSSR count). The summed E-state index contributed by atoms with van der Waals surface area (Å²) in [6, 6.07) is 0. The van der Waals surface area contributed by atoms with E-state index in [1.165, 1.54) is 51.4 Å². The average molecular weight is 214 g/mol. The van der Waals surface area contributed by atoms with Crippen molar-refractivity contribution in [2.45, 2.75) is 51.4 Å². The van der Waals surface area contributed by atoms with E-state index in [1.54, 1.807) is 0 Å². The van der Waals surface area contributed by atoms with Gasteiger partial charge in [-0.15, -0.1) is 24.7 Å². The lowest BCUT2D eigenvalue weighted by molar-refractivity contribution is 0.130. The van der Waals surface area contributed by atoms with Gasteiger partial charge < -0.3 is 0 Å². The fourth-order valence-corrected chi connectivity index (χ4v) is 3.76. The molecular formula is C16H22. The van der Waals surface area contributed by atoms with Gasteiger partial charge in [0.1, 0.15) is 0 Å². The zero-order valence-corrected chi connectivity index (χ0v) is 10.1. The van der Waals surface area contributed by atoms with E-state index in [9.17, 15) is 0 Å². The van der Waals surface area contributed by atoms with Crippen LogP contribution in [-0.4, -0.2) is 0 Å². The van der Waals surface area contributed by atoms with Crippen LogP contribution in [-0.2, 0) is 0 Å². The molecule has 2 saturated carbocycles. The zero-order chi connectivity index (χ0) is 11.4. The molecule has 0 heteroatoms. The lowest BCUT2D eigenvalue weighted by Crippen LogP contribution is -2.32. The first-order chi connectivity index (χ1) is 7.86. The summed E-state index contributed by atoms with van der Waals surface area (Å²) >= 11 is 0. The summed E-state index contributed by atoms with van der Waals surface area (Å²) in [4.78, 5) is 0. The number of rotatable bonds is 1. The predicted octanol–water partition coefficient (Wildman–Crippen LogP) is 3.87. The Hall–Kier alpha value is -0.880. The molecule has 0 aromatic heterocycles. The first kappa shape index (κ1) is 11.6. The maximum Gasteiger partial charge on any atom is 0.0231 e. The quantitative estimate of drug-likeness (QED) is 0.581. The van der Waals surface area contributed by atoms with E-state index < -0.39 is 0 Å². The van der Waals surface area contributed by atoms with Crippen LogP contribution in [0.2, 0.25) is 0 Å². The fourth-order valence-electron chi connectivity index (χ4n) is 3.76. The maximum atomic E-state index is 5.69. The van der Waals surface area contributed by atoms with Gasteiger partial charge in [0.2, 0.25) is 0 Å². The molecule has 0 radical (unpaired) electrons. The molecule has 0 aromatic carbocycles. The predicted molar refractivity (Wildman–Crippen MR) is 68.6 cm³/mol. The molecule has 2 aliphatic rings. The normalized spacial score (nSPS) is 39.6. The number of hydrogen-bond acceptors (Lipinski definition) is 0. The van der Waals surface area contributed by atoms with Crippen LogP contribution < -0.4 is 0 Å². The molecule has 2 aliphatic carbocycles. The van der Waals surface area contributed by atoms with Crippen LogP contribution in [0.25, 0.3) is 0 Å². The van der Waals surface area contributed by atoms with Crippen molar-refractivity contribution in [2.24, 2.45) is 23.7 Å². The van der Waals surface area contributed by atoms with Crippen LogP contribution in [0.3, 0.4) is 0 Å². The first-order valence-electron chi connectivity index (χ1n) is 6.79. The second kappa shape index (κ2) is 5.45. The highest BCUT2D eigenvalue weighted by molar-refractivity contribution is 5.05. The molecule has 0 bridgehead atoms. The Bertz CT molecular complexity index is 269. The van der Waals surface area contributed by atoms with Gasteiger partial charge in [-0.2, -0.15) is 0 Å². The molecule has 0 aromatic rings. The Kier molecular flexibility index (Phi) is 3.95. The summed E-state index contributed by atoms with van der Waals surface area (Å²) < 4.78 is 0. The molecule has 4 unspecified atom stereocenters. The van der Waals surface area contributed by atoms with Gasteiger partial charge in [-0.1, -0.05) is 25.7 Å². The third-order valence-corrected chi connectivity index (χ3v) is 4.62. The molecule has 16 heavy (non-hydrogen) atoms. The number of terminal acetylenes is 2. The first-order valence-corrected chi connectivity index (χ1v) is 6.79. The highest BCUT2D eigenvalue weighted by atomic mass is 14.4. The molecular weight excluding hydrogens is 192 g/mol. The van der Waals surface area contributed by atoms with Gasteiger partial charge in [0, 0.05) is 11.8 Å². The van der Waals surface area contributed by atoms with E-state index >= 15 is 0 Å². The standard InChI is InChI=1S/C16H22/c1-3-13-9-5-7-11-15(13)16-12-8-6-10-14(16)4-2/h1-2,13-16H,5-12H2. The van der Waals surface area contributed by atoms with Crippen molar-refractivity contribution < 1.29 is 0 Å². The second-order valence-electron chi connectivity index (χ2n) is 5.44. The van der Waals surface area contributed by atoms with E-state index in [1.807, 2.05) is 0 Å². The van der Waals surface area contributed by atoms with Crippen LogP contribution >= 0.6 is 0 Å². The van der Waals surface area contributed by atoms with Gasteiger partial charge in [-0.3, -0.25) is 0 Å². The third kappa shape index (κ3) is 2.27. The summed E-state index contributed by atoms with van der Waals surface area (Å²) in [7, 11) is 0. The summed E-state index contributed by atoms with van der Waals surface area (Å²) in [6.45, 7) is 0. The van der Waals surface area contributed by atoms with Crippen molar-refractivity contribution in [3.8, 4) is 24.7 Å². The Labute approximate surface area is 100 Å². The van der Waals surface area contributed by atoms with E-state index in [0.29, 0.717) is 11.8 Å². The molecule has 0 heterocycles. The van der Waals surface area contributed by atoms with E-state index in [-0.39, 0.29) is 0 Å². The second-order valence-corrected chi connectivity index (χ2v) is 5.44. The Balaban J connectivity index is 2.08. The van der Waals surface area contributed by atoms with Crippen LogP contribution in [0.15, 0.2) is 0 Å². The largest absolute Gasteiger partial charge is 0.120 e. The maximum absolute atomic E-state index is 5.69. The monoisotopic (exact) mass is 214 g/mol. The summed E-state index contributed by atoms with van der Waals surface area (Å²) in [5.74, 6) is 8.51. The van der Waals surface area contributed by atoms with Gasteiger partial charge in [-0.25, -0.2) is 0 Å². The molecule has 0 amide bonds. The van der Waals surface area contributed by atoms with Crippen molar-refractivity contribution >= 4 is 0 Å². The van der Waals surface area contributed by atoms with Gasteiger partial charge in [0.15, 0.2) is 0 Å². The highest BCUT2D eigenvalue weighted by Gasteiger charge is 2.35. The molecule has 0 N–H and O–H groups in total. The Morgan fingerprint density at radius 2 is 1.00 bits per heavy atom. The van der Waals surface area contributed by atoms with E-state index in [2.05, 4.69) is 11.8 Å². The minimum Gasteiger partial charge on any atom is -0.120 e. The van der Waals surface area contributed by atoms with Crippen LogP contribution in [0, 0.1) is 48.4 Å². The molecule has 4 atom stereocenters. The number of hydrogen-bond donors (Lipinski definition) is 0. The zero-order valence-electron chi connectivity index (χ0n) is 10.1. The van der Waals surface area contributed by atoms with Crippen molar-refractivity contribution in [1.82, 2.24) is 0 Å². The van der Waals surface area contributed by atoms with Gasteiger partial charge >= 0.3 is 0 Å². The summed E-state index contributed by atoms with van der Waals surface area (Å²) in [6.07, 6.45) is 21.8. The minimum absolute atomic E-state index is 0.507. The molecule has 86 valence electrons. The Morgan fingerprint density at radius 3 is 1.38 bits per heavy atom. The van der Waals surface area contributed by atoms with Crippen LogP contribution in [0.1, 0.15) is 51.4 Å². The third-order valence-electron chi connectivity index (χ3n) is 4.62. The van der Waals surface area contributed by atoms with Gasteiger partial charge in [-0.05, 0) is 37.5 Å². The van der Waals surface area contributed by atoms with Crippen molar-refractivity contribution in [3.63, 3.8) is 0 Å². The van der Waals surface area contributed by atoms with Gasteiger partial charge in [0.05, 0.1) is 0 Å². The van der Waals surface area contributed by atoms with Crippen molar-refractivity contribution in [3.05, 3.63) is 0 Å². The topological polar surface area (TPSA) is 0 Å². The van der Waals surface area contributed by atoms with E-state index in [0.717, 1.165) is 11.8 Å². The molecule has 0 aliphatic heterocycles. The lowest BCUT2D eigenvalue weighted by Gasteiger charge is -2.39. The molecule has 0 spiro atoms. The lowest BCUT2D eigenvalue weighted by atomic mass is 9.64. The van der Waals surface area contributed by atoms with Crippen LogP contribution in [0.5, 0.6) is 0 Å². The average Bonchev–Trinajstić information content (AvgIpc) is 2.38. The highest BCUT2D eigenvalue weighted by Crippen LogP contribution is 2.43. The van der Waals surface area contributed by atoms with E-state index in [4.69, 9.17) is 12.8 Å². The SMILES string of the molecule is C#CC1CCCCC1C1CCCCC1C#C. The molecule has 2 fully saturated rings. The van der Waals surface area contributed by atoms with Crippen LogP contribution in [0.4, 0.5) is 0 Å². The molecule has 0 saturated heterocycles. The molecule has 0 nitrogen and oxygen atoms in total. The minimum atomic E-state index is 0.507. The fraction of sp³-hybridized carbons (Fsp3) is 0.750. The summed E-state index contributed by atoms with van der Waals surface area (Å²) in [5.41, 5.74) is 0. The summed E-state index contributed by atoms with van der Waals surface area (Å²) in [5, 5.41) is 0. The Morgan fingerprint density at radius 1 is 0.625 bits per heavy atom. The van der Waals surface area contributed by atoms with Crippen molar-refractivity contribution in [2.75, 3.05) is 0 Å². The van der Waals surface area contributed by atoms with Crippen molar-refractivity contribution in [1.29, 1.82) is 0 Å².